The van der Waals surface area contributed by atoms with Crippen LogP contribution in [0.1, 0.15) is 36.7 Å². The van der Waals surface area contributed by atoms with E-state index in [1.54, 1.807) is 12.1 Å². The van der Waals surface area contributed by atoms with Crippen LogP contribution in [0, 0.1) is 5.92 Å². The lowest BCUT2D eigenvalue weighted by atomic mass is 9.85. The predicted molar refractivity (Wildman–Crippen MR) is 62.6 cm³/mol. The Bertz CT molecular complexity index is 371. The smallest absolute Gasteiger partial charge is 0.289 e. The Balaban J connectivity index is 1.99. The van der Waals surface area contributed by atoms with Crippen molar-refractivity contribution in [2.45, 2.75) is 26.2 Å². The molecule has 0 atom stereocenters. The van der Waals surface area contributed by atoms with Gasteiger partial charge in [0.2, 0.25) is 0 Å². The second kappa shape index (κ2) is 4.91. The van der Waals surface area contributed by atoms with Gasteiger partial charge in [0.05, 0.1) is 0 Å². The van der Waals surface area contributed by atoms with Crippen LogP contribution in [0.4, 0.5) is 0 Å². The Morgan fingerprint density at radius 2 is 2.31 bits per heavy atom. The third-order valence-electron chi connectivity index (χ3n) is 3.16. The van der Waals surface area contributed by atoms with Crippen LogP contribution in [-0.2, 0) is 0 Å². The van der Waals surface area contributed by atoms with Gasteiger partial charge in [-0.15, -0.1) is 0 Å². The number of halogens is 1. The number of nitrogens with zero attached hydrogens (tertiary/aromatic N) is 1. The molecular weight excluding hydrogens is 226 g/mol. The zero-order chi connectivity index (χ0) is 11.5. The molecule has 0 aliphatic heterocycles. The van der Waals surface area contributed by atoms with Crippen molar-refractivity contribution < 1.29 is 9.21 Å². The molecule has 0 unspecified atom stereocenters. The number of carbonyl (C=O) groups excluding carboxylic acids is 1. The summed E-state index contributed by atoms with van der Waals surface area (Å²) in [7, 11) is 0. The van der Waals surface area contributed by atoms with E-state index in [2.05, 4.69) is 0 Å². The maximum absolute atomic E-state index is 12.0. The van der Waals surface area contributed by atoms with Crippen molar-refractivity contribution >= 4 is 17.5 Å². The molecule has 0 radical (unpaired) electrons. The summed E-state index contributed by atoms with van der Waals surface area (Å²) in [5.41, 5.74) is 0. The highest BCUT2D eigenvalue weighted by Crippen LogP contribution is 2.27. The van der Waals surface area contributed by atoms with Crippen LogP contribution >= 0.6 is 11.6 Å². The highest BCUT2D eigenvalue weighted by molar-refractivity contribution is 6.29. The van der Waals surface area contributed by atoms with Gasteiger partial charge in [0.15, 0.2) is 11.0 Å². The number of carbonyl (C=O) groups is 1. The molecule has 1 aliphatic rings. The Kier molecular flexibility index (Phi) is 3.54. The normalized spacial score (nSPS) is 15.9. The number of furan rings is 1. The molecule has 0 N–H and O–H groups in total. The van der Waals surface area contributed by atoms with E-state index in [9.17, 15) is 4.79 Å². The molecule has 1 aliphatic carbocycles. The minimum absolute atomic E-state index is 0.0544. The standard InChI is InChI=1S/C12H16ClNO2/c1-2-14(8-9-4-3-5-9)12(15)10-6-7-11(13)16-10/h6-7,9H,2-5,8H2,1H3. The molecule has 1 aromatic rings. The highest BCUT2D eigenvalue weighted by atomic mass is 35.5. The fourth-order valence-electron chi connectivity index (χ4n) is 1.93. The van der Waals surface area contributed by atoms with Crippen LogP contribution in [0.5, 0.6) is 0 Å². The van der Waals surface area contributed by atoms with E-state index in [1.807, 2.05) is 11.8 Å². The van der Waals surface area contributed by atoms with Gasteiger partial charge in [-0.05, 0) is 49.4 Å². The summed E-state index contributed by atoms with van der Waals surface area (Å²) in [5, 5.41) is 0.267. The van der Waals surface area contributed by atoms with E-state index in [-0.39, 0.29) is 11.1 Å². The molecule has 88 valence electrons. The summed E-state index contributed by atoms with van der Waals surface area (Å²) in [6.45, 7) is 3.54. The van der Waals surface area contributed by atoms with Gasteiger partial charge in [-0.25, -0.2) is 0 Å². The molecule has 1 saturated carbocycles. The second-order valence-corrected chi connectivity index (χ2v) is 4.62. The van der Waals surface area contributed by atoms with Gasteiger partial charge in [0, 0.05) is 13.1 Å². The zero-order valence-electron chi connectivity index (χ0n) is 9.41. The van der Waals surface area contributed by atoms with Gasteiger partial charge in [-0.3, -0.25) is 4.79 Å². The van der Waals surface area contributed by atoms with Crippen molar-refractivity contribution in [2.24, 2.45) is 5.92 Å². The van der Waals surface area contributed by atoms with E-state index < -0.39 is 0 Å². The molecule has 1 aromatic heterocycles. The van der Waals surface area contributed by atoms with Crippen LogP contribution in [-0.4, -0.2) is 23.9 Å². The van der Waals surface area contributed by atoms with E-state index in [0.717, 1.165) is 6.54 Å². The maximum atomic E-state index is 12.0. The summed E-state index contributed by atoms with van der Waals surface area (Å²) in [6, 6.07) is 3.24. The summed E-state index contributed by atoms with van der Waals surface area (Å²) < 4.78 is 5.14. The fraction of sp³-hybridized carbons (Fsp3) is 0.583. The Labute approximate surface area is 100 Å². The molecule has 0 spiro atoms. The molecular formula is C12H16ClNO2. The Morgan fingerprint density at radius 1 is 1.56 bits per heavy atom. The lowest BCUT2D eigenvalue weighted by Crippen LogP contribution is -2.37. The summed E-state index contributed by atoms with van der Waals surface area (Å²) >= 11 is 5.66. The Morgan fingerprint density at radius 3 is 2.75 bits per heavy atom. The van der Waals surface area contributed by atoms with Crippen molar-refractivity contribution in [1.29, 1.82) is 0 Å². The fourth-order valence-corrected chi connectivity index (χ4v) is 2.07. The molecule has 4 heteroatoms. The summed E-state index contributed by atoms with van der Waals surface area (Å²) in [6.07, 6.45) is 3.77. The van der Waals surface area contributed by atoms with Gasteiger partial charge < -0.3 is 9.32 Å². The van der Waals surface area contributed by atoms with Gasteiger partial charge in [-0.2, -0.15) is 0 Å². The first-order valence-electron chi connectivity index (χ1n) is 5.75. The molecule has 0 saturated heterocycles. The van der Waals surface area contributed by atoms with Crippen LogP contribution in [0.25, 0.3) is 0 Å². The minimum Gasteiger partial charge on any atom is -0.440 e. The van der Waals surface area contributed by atoms with E-state index in [0.29, 0.717) is 18.2 Å². The molecule has 1 heterocycles. The number of rotatable bonds is 4. The van der Waals surface area contributed by atoms with Crippen molar-refractivity contribution in [1.82, 2.24) is 4.90 Å². The Hall–Kier alpha value is -0.960. The van der Waals surface area contributed by atoms with Crippen LogP contribution in [0.3, 0.4) is 0 Å². The van der Waals surface area contributed by atoms with Crippen molar-refractivity contribution in [3.05, 3.63) is 23.1 Å². The zero-order valence-corrected chi connectivity index (χ0v) is 10.2. The summed E-state index contributed by atoms with van der Waals surface area (Å²) in [5.74, 6) is 0.960. The number of amides is 1. The van der Waals surface area contributed by atoms with Crippen LogP contribution < -0.4 is 0 Å². The first-order chi connectivity index (χ1) is 7.70. The van der Waals surface area contributed by atoms with Gasteiger partial charge in [0.25, 0.3) is 5.91 Å². The van der Waals surface area contributed by atoms with Crippen molar-refractivity contribution in [2.75, 3.05) is 13.1 Å². The van der Waals surface area contributed by atoms with Crippen molar-refractivity contribution in [3.63, 3.8) is 0 Å². The predicted octanol–water partition coefficient (Wildman–Crippen LogP) is 3.20. The molecule has 0 bridgehead atoms. The lowest BCUT2D eigenvalue weighted by molar-refractivity contribution is 0.0675. The van der Waals surface area contributed by atoms with Crippen LogP contribution in [0.2, 0.25) is 5.22 Å². The third-order valence-corrected chi connectivity index (χ3v) is 3.36. The monoisotopic (exact) mass is 241 g/mol. The topological polar surface area (TPSA) is 33.5 Å². The van der Waals surface area contributed by atoms with E-state index in [4.69, 9.17) is 16.0 Å². The average molecular weight is 242 g/mol. The largest absolute Gasteiger partial charge is 0.440 e. The quantitative estimate of drug-likeness (QED) is 0.811. The van der Waals surface area contributed by atoms with Gasteiger partial charge >= 0.3 is 0 Å². The van der Waals surface area contributed by atoms with Gasteiger partial charge in [0.1, 0.15) is 0 Å². The van der Waals surface area contributed by atoms with Crippen LogP contribution in [0.15, 0.2) is 16.5 Å². The second-order valence-electron chi connectivity index (χ2n) is 4.24. The molecule has 16 heavy (non-hydrogen) atoms. The highest BCUT2D eigenvalue weighted by Gasteiger charge is 2.24. The SMILES string of the molecule is CCN(CC1CCC1)C(=O)c1ccc(Cl)o1. The lowest BCUT2D eigenvalue weighted by Gasteiger charge is -2.31. The number of hydrogen-bond donors (Lipinski definition) is 0. The molecule has 0 aromatic carbocycles. The molecule has 1 amide bonds. The summed E-state index contributed by atoms with van der Waals surface area (Å²) in [4.78, 5) is 13.9. The van der Waals surface area contributed by atoms with Crippen molar-refractivity contribution in [3.8, 4) is 0 Å². The van der Waals surface area contributed by atoms with E-state index in [1.165, 1.54) is 19.3 Å². The molecule has 2 rings (SSSR count). The third kappa shape index (κ3) is 2.40. The minimum atomic E-state index is -0.0544. The van der Waals surface area contributed by atoms with Gasteiger partial charge in [-0.1, -0.05) is 6.42 Å². The van der Waals surface area contributed by atoms with E-state index >= 15 is 0 Å². The first-order valence-corrected chi connectivity index (χ1v) is 6.13. The number of hydrogen-bond acceptors (Lipinski definition) is 2. The average Bonchev–Trinajstić information content (AvgIpc) is 2.63. The maximum Gasteiger partial charge on any atom is 0.289 e. The molecule has 3 nitrogen and oxygen atoms in total. The first kappa shape index (κ1) is 11.5. The molecule has 1 fully saturated rings.